The third-order valence-corrected chi connectivity index (χ3v) is 2.44. The summed E-state index contributed by atoms with van der Waals surface area (Å²) >= 11 is 0. The number of rotatable bonds is 4. The maximum atomic E-state index is 9.40. The molecule has 78 valence electrons. The fraction of sp³-hybridized carbons (Fsp3) is 1.00. The lowest BCUT2D eigenvalue weighted by molar-refractivity contribution is -0.0169. The minimum absolute atomic E-state index is 0.109. The van der Waals surface area contributed by atoms with Gasteiger partial charge < -0.3 is 20.6 Å². The van der Waals surface area contributed by atoms with Crippen LogP contribution in [0.2, 0.25) is 0 Å². The summed E-state index contributed by atoms with van der Waals surface area (Å²) in [5, 5.41) is 30.4. The van der Waals surface area contributed by atoms with Gasteiger partial charge in [0.25, 0.3) is 0 Å². The summed E-state index contributed by atoms with van der Waals surface area (Å²) < 4.78 is 0. The first-order chi connectivity index (χ1) is 6.29. The molecule has 5 nitrogen and oxygen atoms in total. The minimum atomic E-state index is -0.844. The lowest BCUT2D eigenvalue weighted by Gasteiger charge is -2.35. The van der Waals surface area contributed by atoms with Crippen LogP contribution in [-0.2, 0) is 0 Å². The van der Waals surface area contributed by atoms with Gasteiger partial charge in [-0.15, -0.1) is 0 Å². The van der Waals surface area contributed by atoms with Crippen LogP contribution in [0.25, 0.3) is 0 Å². The van der Waals surface area contributed by atoms with E-state index >= 15 is 0 Å². The van der Waals surface area contributed by atoms with Crippen LogP contribution in [0.15, 0.2) is 0 Å². The predicted octanol–water partition coefficient (Wildman–Crippen LogP) is -2.39. The molecule has 1 heterocycles. The van der Waals surface area contributed by atoms with Crippen LogP contribution >= 0.6 is 0 Å². The average molecular weight is 190 g/mol. The Morgan fingerprint density at radius 2 is 1.77 bits per heavy atom. The Labute approximate surface area is 78.0 Å². The van der Waals surface area contributed by atoms with Gasteiger partial charge in [-0.05, 0) is 0 Å². The van der Waals surface area contributed by atoms with E-state index in [0.717, 1.165) is 26.2 Å². The number of nitrogens with one attached hydrogen (secondary N) is 1. The zero-order valence-corrected chi connectivity index (χ0v) is 7.69. The van der Waals surface area contributed by atoms with Crippen LogP contribution in [0.5, 0.6) is 0 Å². The molecule has 0 aliphatic carbocycles. The lowest BCUT2D eigenvalue weighted by atomic mass is 10.1. The van der Waals surface area contributed by atoms with Gasteiger partial charge >= 0.3 is 0 Å². The number of hydrogen-bond donors (Lipinski definition) is 4. The second-order valence-electron chi connectivity index (χ2n) is 3.29. The molecule has 0 bridgehead atoms. The Morgan fingerprint density at radius 3 is 2.23 bits per heavy atom. The van der Waals surface area contributed by atoms with Crippen LogP contribution in [0.3, 0.4) is 0 Å². The quantitative estimate of drug-likeness (QED) is 0.398. The van der Waals surface area contributed by atoms with Crippen LogP contribution in [0.4, 0.5) is 0 Å². The van der Waals surface area contributed by atoms with E-state index in [0.29, 0.717) is 0 Å². The van der Waals surface area contributed by atoms with Crippen molar-refractivity contribution < 1.29 is 15.3 Å². The van der Waals surface area contributed by atoms with Gasteiger partial charge in [-0.25, -0.2) is 0 Å². The number of piperazine rings is 1. The third kappa shape index (κ3) is 2.89. The summed E-state index contributed by atoms with van der Waals surface area (Å²) in [6.45, 7) is 2.95. The van der Waals surface area contributed by atoms with E-state index in [1.54, 1.807) is 0 Å². The van der Waals surface area contributed by atoms with Gasteiger partial charge in [0.15, 0.2) is 0 Å². The molecule has 1 rings (SSSR count). The van der Waals surface area contributed by atoms with E-state index in [2.05, 4.69) is 5.32 Å². The molecule has 2 atom stereocenters. The summed E-state index contributed by atoms with van der Waals surface area (Å²) in [5.41, 5.74) is 0. The van der Waals surface area contributed by atoms with E-state index in [-0.39, 0.29) is 19.3 Å². The molecule has 0 amide bonds. The van der Waals surface area contributed by atoms with E-state index in [9.17, 15) is 5.11 Å². The smallest absolute Gasteiger partial charge is 0.0947 e. The standard InChI is InChI=1S/C8H18N2O3/c11-5-7(8(13)6-12)10-3-1-9-2-4-10/h7-9,11-13H,1-6H2. The summed E-state index contributed by atoms with van der Waals surface area (Å²) in [4.78, 5) is 2.00. The Morgan fingerprint density at radius 1 is 1.15 bits per heavy atom. The van der Waals surface area contributed by atoms with Crippen molar-refractivity contribution in [3.8, 4) is 0 Å². The first-order valence-electron chi connectivity index (χ1n) is 4.64. The van der Waals surface area contributed by atoms with Gasteiger partial charge in [0.2, 0.25) is 0 Å². The van der Waals surface area contributed by atoms with E-state index in [1.165, 1.54) is 0 Å². The van der Waals surface area contributed by atoms with E-state index in [1.807, 2.05) is 4.90 Å². The van der Waals surface area contributed by atoms with Crippen molar-refractivity contribution in [2.75, 3.05) is 39.4 Å². The second kappa shape index (κ2) is 5.51. The van der Waals surface area contributed by atoms with Gasteiger partial charge in [-0.2, -0.15) is 0 Å². The van der Waals surface area contributed by atoms with E-state index in [4.69, 9.17) is 10.2 Å². The zero-order chi connectivity index (χ0) is 9.68. The minimum Gasteiger partial charge on any atom is -0.395 e. The zero-order valence-electron chi connectivity index (χ0n) is 7.69. The van der Waals surface area contributed by atoms with Crippen molar-refractivity contribution in [1.82, 2.24) is 10.2 Å². The molecule has 13 heavy (non-hydrogen) atoms. The third-order valence-electron chi connectivity index (χ3n) is 2.44. The molecule has 2 unspecified atom stereocenters. The molecule has 1 aliphatic heterocycles. The highest BCUT2D eigenvalue weighted by Crippen LogP contribution is 2.05. The maximum absolute atomic E-state index is 9.40. The van der Waals surface area contributed by atoms with Crippen molar-refractivity contribution in [3.63, 3.8) is 0 Å². The largest absolute Gasteiger partial charge is 0.395 e. The van der Waals surface area contributed by atoms with Crippen molar-refractivity contribution in [2.45, 2.75) is 12.1 Å². The fourth-order valence-corrected chi connectivity index (χ4v) is 1.62. The first-order valence-corrected chi connectivity index (χ1v) is 4.64. The summed E-state index contributed by atoms with van der Waals surface area (Å²) in [7, 11) is 0. The Hall–Kier alpha value is -0.200. The van der Waals surface area contributed by atoms with Crippen LogP contribution in [0, 0.1) is 0 Å². The molecule has 1 fully saturated rings. The van der Waals surface area contributed by atoms with Gasteiger partial charge in [0.1, 0.15) is 0 Å². The van der Waals surface area contributed by atoms with Gasteiger partial charge in [0, 0.05) is 26.2 Å². The van der Waals surface area contributed by atoms with Crippen molar-refractivity contribution in [1.29, 1.82) is 0 Å². The summed E-state index contributed by atoms with van der Waals surface area (Å²) in [6, 6.07) is -0.327. The van der Waals surface area contributed by atoms with Crippen molar-refractivity contribution in [2.24, 2.45) is 0 Å². The molecule has 5 heteroatoms. The molecule has 4 N–H and O–H groups in total. The summed E-state index contributed by atoms with van der Waals surface area (Å²) in [5.74, 6) is 0. The Bertz CT molecular complexity index is 139. The first kappa shape index (κ1) is 10.9. The normalized spacial score (nSPS) is 24.2. The van der Waals surface area contributed by atoms with Crippen molar-refractivity contribution >= 4 is 0 Å². The van der Waals surface area contributed by atoms with Crippen LogP contribution in [0.1, 0.15) is 0 Å². The van der Waals surface area contributed by atoms with Gasteiger partial charge in [0.05, 0.1) is 25.4 Å². The molecule has 0 saturated carbocycles. The molecular weight excluding hydrogens is 172 g/mol. The lowest BCUT2D eigenvalue weighted by Crippen LogP contribution is -2.54. The molecule has 0 aromatic heterocycles. The van der Waals surface area contributed by atoms with Crippen LogP contribution < -0.4 is 5.32 Å². The topological polar surface area (TPSA) is 76.0 Å². The highest BCUT2D eigenvalue weighted by molar-refractivity contribution is 4.81. The van der Waals surface area contributed by atoms with Gasteiger partial charge in [-0.1, -0.05) is 0 Å². The molecule has 0 aromatic carbocycles. The monoisotopic (exact) mass is 190 g/mol. The highest BCUT2D eigenvalue weighted by atomic mass is 16.3. The molecular formula is C8H18N2O3. The van der Waals surface area contributed by atoms with Crippen molar-refractivity contribution in [3.05, 3.63) is 0 Å². The number of nitrogens with zero attached hydrogens (tertiary/aromatic N) is 1. The maximum Gasteiger partial charge on any atom is 0.0947 e. The van der Waals surface area contributed by atoms with Gasteiger partial charge in [-0.3, -0.25) is 4.90 Å². The molecule has 0 spiro atoms. The highest BCUT2D eigenvalue weighted by Gasteiger charge is 2.25. The molecule has 1 aliphatic rings. The fourth-order valence-electron chi connectivity index (χ4n) is 1.62. The number of hydrogen-bond acceptors (Lipinski definition) is 5. The average Bonchev–Trinajstić information content (AvgIpc) is 2.20. The predicted molar refractivity (Wildman–Crippen MR) is 48.4 cm³/mol. The Balaban J connectivity index is 2.43. The SMILES string of the molecule is OCC(O)C(CO)N1CCNCC1. The second-order valence-corrected chi connectivity index (χ2v) is 3.29. The number of aliphatic hydroxyl groups is 3. The molecule has 0 radical (unpaired) electrons. The summed E-state index contributed by atoms with van der Waals surface area (Å²) in [6.07, 6.45) is -0.844. The van der Waals surface area contributed by atoms with Crippen LogP contribution in [-0.4, -0.2) is 71.8 Å². The Kier molecular flexibility index (Phi) is 4.61. The van der Waals surface area contributed by atoms with E-state index < -0.39 is 6.10 Å². The molecule has 1 saturated heterocycles. The molecule has 0 aromatic rings. The number of aliphatic hydroxyl groups excluding tert-OH is 3.